The van der Waals surface area contributed by atoms with Crippen LogP contribution in [0.5, 0.6) is 11.5 Å². The molecule has 6 heteroatoms. The number of nitrogens with zero attached hydrogens (tertiary/aromatic N) is 3. The van der Waals surface area contributed by atoms with E-state index in [0.29, 0.717) is 0 Å². The summed E-state index contributed by atoms with van der Waals surface area (Å²) in [7, 11) is 5.24. The number of hydrogen-bond donors (Lipinski definition) is 1. The van der Waals surface area contributed by atoms with E-state index in [0.717, 1.165) is 62.3 Å². The van der Waals surface area contributed by atoms with Crippen molar-refractivity contribution in [3.8, 4) is 11.5 Å². The van der Waals surface area contributed by atoms with Gasteiger partial charge in [-0.05, 0) is 25.1 Å². The molecule has 0 atom stereocenters. The lowest BCUT2D eigenvalue weighted by Crippen LogP contribution is -2.52. The topological polar surface area (TPSA) is 49.3 Å². The highest BCUT2D eigenvalue weighted by Gasteiger charge is 2.20. The number of methoxy groups -OCH3 is 2. The Kier molecular flexibility index (Phi) is 6.52. The summed E-state index contributed by atoms with van der Waals surface area (Å²) in [6, 6.07) is 5.96. The van der Waals surface area contributed by atoms with Gasteiger partial charge >= 0.3 is 0 Å². The number of aliphatic imine (C=N–C) groups is 1. The van der Waals surface area contributed by atoms with Gasteiger partial charge in [0.1, 0.15) is 11.5 Å². The first kappa shape index (κ1) is 17.4. The lowest BCUT2D eigenvalue weighted by Gasteiger charge is -2.36. The predicted octanol–water partition coefficient (Wildman–Crippen LogP) is 1.42. The zero-order valence-corrected chi connectivity index (χ0v) is 14.6. The number of benzene rings is 1. The fourth-order valence-electron chi connectivity index (χ4n) is 2.85. The van der Waals surface area contributed by atoms with Crippen LogP contribution in [0.4, 0.5) is 0 Å². The molecule has 6 nitrogen and oxygen atoms in total. The molecule has 1 N–H and O–H groups in total. The Morgan fingerprint density at radius 1 is 1.17 bits per heavy atom. The average Bonchev–Trinajstić information content (AvgIpc) is 2.60. The number of piperazine rings is 1. The minimum Gasteiger partial charge on any atom is -0.497 e. The summed E-state index contributed by atoms with van der Waals surface area (Å²) >= 11 is 0. The molecule has 1 heterocycles. The van der Waals surface area contributed by atoms with Gasteiger partial charge in [-0.2, -0.15) is 0 Å². The molecule has 1 saturated heterocycles. The van der Waals surface area contributed by atoms with Gasteiger partial charge < -0.3 is 19.7 Å². The van der Waals surface area contributed by atoms with Crippen molar-refractivity contribution in [3.63, 3.8) is 0 Å². The van der Waals surface area contributed by atoms with Crippen LogP contribution in [0.15, 0.2) is 23.2 Å². The van der Waals surface area contributed by atoms with Crippen LogP contribution in [-0.4, -0.2) is 69.8 Å². The maximum atomic E-state index is 5.47. The maximum absolute atomic E-state index is 5.47. The highest BCUT2D eigenvalue weighted by atomic mass is 16.5. The van der Waals surface area contributed by atoms with E-state index in [1.807, 2.05) is 19.2 Å². The Balaban J connectivity index is 1.96. The molecule has 0 amide bonds. The fourth-order valence-corrected chi connectivity index (χ4v) is 2.85. The molecule has 0 spiro atoms. The monoisotopic (exact) mass is 320 g/mol. The number of ether oxygens (including phenoxy) is 2. The first-order valence-electron chi connectivity index (χ1n) is 8.10. The standard InChI is InChI=1S/C17H28N4O2/c1-5-19-17(18-2)21-10-8-20(9-11-21)13-14-12-15(22-3)6-7-16(14)23-4/h6-7,12H,5,8-11,13H2,1-4H3,(H,18,19). The molecular weight excluding hydrogens is 292 g/mol. The van der Waals surface area contributed by atoms with Crippen LogP contribution in [0.3, 0.4) is 0 Å². The van der Waals surface area contributed by atoms with Crippen molar-refractivity contribution in [1.82, 2.24) is 15.1 Å². The van der Waals surface area contributed by atoms with E-state index >= 15 is 0 Å². The van der Waals surface area contributed by atoms with Crippen LogP contribution in [-0.2, 0) is 6.54 Å². The number of guanidine groups is 1. The summed E-state index contributed by atoms with van der Waals surface area (Å²) in [6.07, 6.45) is 0. The van der Waals surface area contributed by atoms with Gasteiger partial charge in [0, 0.05) is 51.9 Å². The second kappa shape index (κ2) is 8.62. The molecule has 1 aromatic carbocycles. The predicted molar refractivity (Wildman–Crippen MR) is 93.4 cm³/mol. The molecule has 1 aliphatic rings. The van der Waals surface area contributed by atoms with E-state index in [1.54, 1.807) is 14.2 Å². The summed E-state index contributed by atoms with van der Waals surface area (Å²) in [5.41, 5.74) is 1.16. The Morgan fingerprint density at radius 2 is 1.91 bits per heavy atom. The number of rotatable bonds is 5. The second-order valence-electron chi connectivity index (χ2n) is 5.52. The largest absolute Gasteiger partial charge is 0.497 e. The Morgan fingerprint density at radius 3 is 2.48 bits per heavy atom. The van der Waals surface area contributed by atoms with Crippen LogP contribution in [0.1, 0.15) is 12.5 Å². The Hall–Kier alpha value is -1.95. The lowest BCUT2D eigenvalue weighted by atomic mass is 10.1. The van der Waals surface area contributed by atoms with Crippen molar-refractivity contribution in [2.45, 2.75) is 13.5 Å². The van der Waals surface area contributed by atoms with E-state index in [-0.39, 0.29) is 0 Å². The smallest absolute Gasteiger partial charge is 0.193 e. The van der Waals surface area contributed by atoms with Gasteiger partial charge in [0.05, 0.1) is 14.2 Å². The van der Waals surface area contributed by atoms with Gasteiger partial charge in [0.15, 0.2) is 5.96 Å². The summed E-state index contributed by atoms with van der Waals surface area (Å²) in [6.45, 7) is 7.83. The van der Waals surface area contributed by atoms with Gasteiger partial charge in [0.2, 0.25) is 0 Å². The van der Waals surface area contributed by atoms with E-state index in [4.69, 9.17) is 9.47 Å². The number of nitrogens with one attached hydrogen (secondary N) is 1. The molecule has 0 radical (unpaired) electrons. The molecule has 0 saturated carbocycles. The molecule has 1 fully saturated rings. The third kappa shape index (κ3) is 4.51. The van der Waals surface area contributed by atoms with Crippen molar-refractivity contribution in [1.29, 1.82) is 0 Å². The molecule has 2 rings (SSSR count). The molecule has 0 aromatic heterocycles. The van der Waals surface area contributed by atoms with E-state index in [2.05, 4.69) is 33.1 Å². The van der Waals surface area contributed by atoms with Crippen LogP contribution in [0.2, 0.25) is 0 Å². The highest BCUT2D eigenvalue weighted by Crippen LogP contribution is 2.25. The lowest BCUT2D eigenvalue weighted by molar-refractivity contribution is 0.171. The fraction of sp³-hybridized carbons (Fsp3) is 0.588. The van der Waals surface area contributed by atoms with Crippen LogP contribution in [0.25, 0.3) is 0 Å². The van der Waals surface area contributed by atoms with E-state index in [9.17, 15) is 0 Å². The summed E-state index contributed by atoms with van der Waals surface area (Å²) in [4.78, 5) is 9.08. The van der Waals surface area contributed by atoms with Crippen LogP contribution >= 0.6 is 0 Å². The molecule has 0 aliphatic carbocycles. The SMILES string of the molecule is CCNC(=NC)N1CCN(Cc2cc(OC)ccc2OC)CC1. The maximum Gasteiger partial charge on any atom is 0.193 e. The van der Waals surface area contributed by atoms with Crippen LogP contribution < -0.4 is 14.8 Å². The van der Waals surface area contributed by atoms with Crippen LogP contribution in [0, 0.1) is 0 Å². The van der Waals surface area contributed by atoms with Gasteiger partial charge in [-0.3, -0.25) is 9.89 Å². The summed E-state index contributed by atoms with van der Waals surface area (Å²) < 4.78 is 10.8. The number of hydrogen-bond acceptors (Lipinski definition) is 4. The van der Waals surface area contributed by atoms with Gasteiger partial charge in [-0.1, -0.05) is 0 Å². The van der Waals surface area contributed by atoms with Gasteiger partial charge in [-0.25, -0.2) is 0 Å². The van der Waals surface area contributed by atoms with E-state index in [1.165, 1.54) is 0 Å². The molecule has 23 heavy (non-hydrogen) atoms. The summed E-state index contributed by atoms with van der Waals surface area (Å²) in [5, 5.41) is 3.32. The quantitative estimate of drug-likeness (QED) is 0.657. The zero-order valence-electron chi connectivity index (χ0n) is 14.6. The molecule has 1 aromatic rings. The molecule has 0 unspecified atom stereocenters. The molecule has 0 bridgehead atoms. The van der Waals surface area contributed by atoms with E-state index < -0.39 is 0 Å². The molecule has 128 valence electrons. The third-order valence-electron chi connectivity index (χ3n) is 4.10. The molecular formula is C17H28N4O2. The Labute approximate surface area is 139 Å². The summed E-state index contributed by atoms with van der Waals surface area (Å²) in [5.74, 6) is 2.77. The first-order valence-corrected chi connectivity index (χ1v) is 8.10. The average molecular weight is 320 g/mol. The molecule has 1 aliphatic heterocycles. The highest BCUT2D eigenvalue weighted by molar-refractivity contribution is 5.79. The van der Waals surface area contributed by atoms with Crippen molar-refractivity contribution < 1.29 is 9.47 Å². The van der Waals surface area contributed by atoms with Gasteiger partial charge in [0.25, 0.3) is 0 Å². The first-order chi connectivity index (χ1) is 11.2. The third-order valence-corrected chi connectivity index (χ3v) is 4.10. The van der Waals surface area contributed by atoms with Crippen molar-refractivity contribution in [3.05, 3.63) is 23.8 Å². The van der Waals surface area contributed by atoms with Crippen molar-refractivity contribution in [2.24, 2.45) is 4.99 Å². The van der Waals surface area contributed by atoms with Crippen molar-refractivity contribution >= 4 is 5.96 Å². The zero-order chi connectivity index (χ0) is 16.7. The minimum atomic E-state index is 0.868. The van der Waals surface area contributed by atoms with Crippen molar-refractivity contribution in [2.75, 3.05) is 54.0 Å². The Bertz CT molecular complexity index is 525. The second-order valence-corrected chi connectivity index (χ2v) is 5.52. The minimum absolute atomic E-state index is 0.868. The van der Waals surface area contributed by atoms with Gasteiger partial charge in [-0.15, -0.1) is 0 Å². The normalized spacial score (nSPS) is 16.3.